The summed E-state index contributed by atoms with van der Waals surface area (Å²) in [6.07, 6.45) is 7.18. The van der Waals surface area contributed by atoms with E-state index in [9.17, 15) is 4.79 Å². The van der Waals surface area contributed by atoms with Crippen LogP contribution in [0.5, 0.6) is 0 Å². The number of rotatable bonds is 4. The van der Waals surface area contributed by atoms with E-state index in [2.05, 4.69) is 15.5 Å². The highest BCUT2D eigenvalue weighted by Crippen LogP contribution is 2.18. The molecule has 104 valence electrons. The molecule has 0 bridgehead atoms. The molecule has 0 aromatic carbocycles. The molecule has 1 aliphatic carbocycles. The summed E-state index contributed by atoms with van der Waals surface area (Å²) in [6, 6.07) is 1.10. The van der Waals surface area contributed by atoms with Crippen LogP contribution in [0.25, 0.3) is 0 Å². The van der Waals surface area contributed by atoms with Crippen LogP contribution in [0.1, 0.15) is 45.4 Å². The molecular weight excluding hydrogens is 226 g/mol. The van der Waals surface area contributed by atoms with E-state index in [1.165, 1.54) is 25.7 Å². The average Bonchev–Trinajstić information content (AvgIpc) is 2.91. The molecule has 18 heavy (non-hydrogen) atoms. The molecule has 0 radical (unpaired) electrons. The molecule has 1 saturated heterocycles. The SMILES string of the molecule is CNC1CCN(C(C)C(=O)NC2CCCC2)CC1. The number of hydrogen-bond acceptors (Lipinski definition) is 3. The van der Waals surface area contributed by atoms with Crippen molar-refractivity contribution >= 4 is 5.91 Å². The van der Waals surface area contributed by atoms with Crippen molar-refractivity contribution in [2.24, 2.45) is 0 Å². The summed E-state index contributed by atoms with van der Waals surface area (Å²) < 4.78 is 0. The number of amides is 1. The number of hydrogen-bond donors (Lipinski definition) is 2. The largest absolute Gasteiger partial charge is 0.352 e. The van der Waals surface area contributed by atoms with E-state index >= 15 is 0 Å². The Bertz CT molecular complexity index is 268. The second-order valence-electron chi connectivity index (χ2n) is 5.76. The number of nitrogens with zero attached hydrogens (tertiary/aromatic N) is 1. The summed E-state index contributed by atoms with van der Waals surface area (Å²) in [7, 11) is 2.02. The molecule has 2 aliphatic rings. The van der Waals surface area contributed by atoms with Gasteiger partial charge in [-0.1, -0.05) is 12.8 Å². The Labute approximate surface area is 110 Å². The van der Waals surface area contributed by atoms with Crippen LogP contribution in [-0.2, 0) is 4.79 Å². The zero-order valence-corrected chi connectivity index (χ0v) is 11.7. The molecule has 2 rings (SSSR count). The van der Waals surface area contributed by atoms with Crippen LogP contribution >= 0.6 is 0 Å². The zero-order valence-electron chi connectivity index (χ0n) is 11.7. The van der Waals surface area contributed by atoms with Crippen LogP contribution in [0.2, 0.25) is 0 Å². The van der Waals surface area contributed by atoms with Crippen molar-refractivity contribution in [3.63, 3.8) is 0 Å². The van der Waals surface area contributed by atoms with Crippen LogP contribution in [0, 0.1) is 0 Å². The predicted molar refractivity (Wildman–Crippen MR) is 73.5 cm³/mol. The molecule has 4 nitrogen and oxygen atoms in total. The normalized spacial score (nSPS) is 25.2. The molecule has 1 saturated carbocycles. The molecule has 2 fully saturated rings. The third-order valence-corrected chi connectivity index (χ3v) is 4.57. The first-order valence-electron chi connectivity index (χ1n) is 7.42. The van der Waals surface area contributed by atoms with Gasteiger partial charge < -0.3 is 10.6 Å². The monoisotopic (exact) mass is 253 g/mol. The van der Waals surface area contributed by atoms with Gasteiger partial charge in [0.25, 0.3) is 0 Å². The Kier molecular flexibility index (Phi) is 5.01. The maximum absolute atomic E-state index is 12.2. The molecule has 0 spiro atoms. The van der Waals surface area contributed by atoms with Gasteiger partial charge in [-0.2, -0.15) is 0 Å². The van der Waals surface area contributed by atoms with Crippen molar-refractivity contribution in [2.75, 3.05) is 20.1 Å². The van der Waals surface area contributed by atoms with Gasteiger partial charge in [-0.15, -0.1) is 0 Å². The van der Waals surface area contributed by atoms with Crippen LogP contribution in [0.15, 0.2) is 0 Å². The van der Waals surface area contributed by atoms with Gasteiger partial charge in [0, 0.05) is 25.2 Å². The topological polar surface area (TPSA) is 44.4 Å². The molecule has 1 unspecified atom stereocenters. The minimum absolute atomic E-state index is 0.0309. The fraction of sp³-hybridized carbons (Fsp3) is 0.929. The Morgan fingerprint density at radius 3 is 2.28 bits per heavy atom. The van der Waals surface area contributed by atoms with E-state index in [0.717, 1.165) is 25.9 Å². The van der Waals surface area contributed by atoms with Gasteiger partial charge in [-0.05, 0) is 39.7 Å². The van der Waals surface area contributed by atoms with Gasteiger partial charge in [0.05, 0.1) is 6.04 Å². The van der Waals surface area contributed by atoms with Crippen LogP contribution in [0.3, 0.4) is 0 Å². The standard InChI is InChI=1S/C14H27N3O/c1-11(14(18)16-13-5-3-4-6-13)17-9-7-12(15-2)8-10-17/h11-13,15H,3-10H2,1-2H3,(H,16,18). The van der Waals surface area contributed by atoms with Crippen molar-refractivity contribution in [1.29, 1.82) is 0 Å². The molecule has 2 N–H and O–H groups in total. The number of piperidine rings is 1. The summed E-state index contributed by atoms with van der Waals surface area (Å²) in [6.45, 7) is 4.11. The van der Waals surface area contributed by atoms with E-state index in [1.54, 1.807) is 0 Å². The van der Waals surface area contributed by atoms with E-state index < -0.39 is 0 Å². The second kappa shape index (κ2) is 6.53. The molecule has 0 aromatic heterocycles. The average molecular weight is 253 g/mol. The lowest BCUT2D eigenvalue weighted by molar-refractivity contribution is -0.127. The van der Waals surface area contributed by atoms with Gasteiger partial charge in [-0.3, -0.25) is 9.69 Å². The molecule has 1 heterocycles. The van der Waals surface area contributed by atoms with Gasteiger partial charge >= 0.3 is 0 Å². The third-order valence-electron chi connectivity index (χ3n) is 4.57. The summed E-state index contributed by atoms with van der Waals surface area (Å²) in [5.74, 6) is 0.227. The lowest BCUT2D eigenvalue weighted by Gasteiger charge is -2.35. The summed E-state index contributed by atoms with van der Waals surface area (Å²) in [4.78, 5) is 14.5. The van der Waals surface area contributed by atoms with Crippen LogP contribution < -0.4 is 10.6 Å². The van der Waals surface area contributed by atoms with Crippen LogP contribution in [-0.4, -0.2) is 49.1 Å². The second-order valence-corrected chi connectivity index (χ2v) is 5.76. The molecule has 1 amide bonds. The van der Waals surface area contributed by atoms with Crippen molar-refractivity contribution in [2.45, 2.75) is 63.6 Å². The van der Waals surface area contributed by atoms with E-state index in [0.29, 0.717) is 12.1 Å². The Balaban J connectivity index is 1.76. The highest BCUT2D eigenvalue weighted by molar-refractivity contribution is 5.81. The lowest BCUT2D eigenvalue weighted by atomic mass is 10.0. The first-order chi connectivity index (χ1) is 8.70. The fourth-order valence-electron chi connectivity index (χ4n) is 3.13. The fourth-order valence-corrected chi connectivity index (χ4v) is 3.13. The van der Waals surface area contributed by atoms with Crippen molar-refractivity contribution in [1.82, 2.24) is 15.5 Å². The van der Waals surface area contributed by atoms with Crippen molar-refractivity contribution in [3.8, 4) is 0 Å². The predicted octanol–water partition coefficient (Wildman–Crippen LogP) is 1.12. The minimum atomic E-state index is 0.0309. The van der Waals surface area contributed by atoms with E-state index in [-0.39, 0.29) is 11.9 Å². The number of carbonyl (C=O) groups excluding carboxylic acids is 1. The van der Waals surface area contributed by atoms with E-state index in [1.807, 2.05) is 14.0 Å². The van der Waals surface area contributed by atoms with Gasteiger partial charge in [0.15, 0.2) is 0 Å². The summed E-state index contributed by atoms with van der Waals surface area (Å²) in [5, 5.41) is 6.53. The van der Waals surface area contributed by atoms with Crippen molar-refractivity contribution in [3.05, 3.63) is 0 Å². The Morgan fingerprint density at radius 1 is 1.11 bits per heavy atom. The van der Waals surface area contributed by atoms with Gasteiger partial charge in [0.1, 0.15) is 0 Å². The van der Waals surface area contributed by atoms with Crippen molar-refractivity contribution < 1.29 is 4.79 Å². The molecule has 0 aromatic rings. The number of likely N-dealkylation sites (tertiary alicyclic amines) is 1. The molecule has 1 atom stereocenters. The summed E-state index contributed by atoms with van der Waals surface area (Å²) in [5.41, 5.74) is 0. The van der Waals surface area contributed by atoms with Gasteiger partial charge in [0.2, 0.25) is 5.91 Å². The minimum Gasteiger partial charge on any atom is -0.352 e. The molecule has 1 aliphatic heterocycles. The van der Waals surface area contributed by atoms with E-state index in [4.69, 9.17) is 0 Å². The molecule has 4 heteroatoms. The highest BCUT2D eigenvalue weighted by atomic mass is 16.2. The van der Waals surface area contributed by atoms with Gasteiger partial charge in [-0.25, -0.2) is 0 Å². The smallest absolute Gasteiger partial charge is 0.237 e. The highest BCUT2D eigenvalue weighted by Gasteiger charge is 2.27. The first kappa shape index (κ1) is 13.8. The maximum Gasteiger partial charge on any atom is 0.237 e. The lowest BCUT2D eigenvalue weighted by Crippen LogP contribution is -2.51. The molecular formula is C14H27N3O. The third kappa shape index (κ3) is 3.45. The van der Waals surface area contributed by atoms with Crippen LogP contribution in [0.4, 0.5) is 0 Å². The maximum atomic E-state index is 12.2. The quantitative estimate of drug-likeness (QED) is 0.789. The number of nitrogens with one attached hydrogen (secondary N) is 2. The zero-order chi connectivity index (χ0) is 13.0. The summed E-state index contributed by atoms with van der Waals surface area (Å²) >= 11 is 0. The first-order valence-corrected chi connectivity index (χ1v) is 7.42. The number of carbonyl (C=O) groups is 1. The Morgan fingerprint density at radius 2 is 1.72 bits per heavy atom. The Hall–Kier alpha value is -0.610.